The second-order valence-corrected chi connectivity index (χ2v) is 8.14. The van der Waals surface area contributed by atoms with Crippen LogP contribution < -0.4 is 4.31 Å². The van der Waals surface area contributed by atoms with Gasteiger partial charge in [0.05, 0.1) is 25.2 Å². The molecule has 0 atom stereocenters. The lowest BCUT2D eigenvalue weighted by Gasteiger charge is -2.31. The van der Waals surface area contributed by atoms with E-state index in [0.717, 1.165) is 11.8 Å². The number of hydrogen-bond acceptors (Lipinski definition) is 6. The standard InChI is InChI=1S/C16H25N3O4S.CH2O2/c1-17(2)12-14-6-4-5-7-15(14)19(24(3,21)22)13-16(20)18-8-10-23-11-9-18;2-1-3/h4-7H,8-13H2,1-3H3;1H,(H,2,3). The van der Waals surface area contributed by atoms with Gasteiger partial charge < -0.3 is 19.6 Å². The number of sulfonamides is 1. The van der Waals surface area contributed by atoms with E-state index in [2.05, 4.69) is 0 Å². The summed E-state index contributed by atoms with van der Waals surface area (Å²) >= 11 is 0. The summed E-state index contributed by atoms with van der Waals surface area (Å²) in [5.41, 5.74) is 1.41. The Labute approximate surface area is 160 Å². The van der Waals surface area contributed by atoms with E-state index in [1.54, 1.807) is 17.0 Å². The third kappa shape index (κ3) is 7.53. The summed E-state index contributed by atoms with van der Waals surface area (Å²) in [6.45, 7) is 2.12. The molecule has 1 aliphatic heterocycles. The third-order valence-corrected chi connectivity index (χ3v) is 4.92. The van der Waals surface area contributed by atoms with Crippen molar-refractivity contribution in [2.24, 2.45) is 0 Å². The van der Waals surface area contributed by atoms with E-state index >= 15 is 0 Å². The van der Waals surface area contributed by atoms with Gasteiger partial charge in [0.1, 0.15) is 6.54 Å². The van der Waals surface area contributed by atoms with Crippen LogP contribution in [0, 0.1) is 0 Å². The highest BCUT2D eigenvalue weighted by Crippen LogP contribution is 2.24. The van der Waals surface area contributed by atoms with Gasteiger partial charge in [-0.3, -0.25) is 13.9 Å². The number of amides is 1. The van der Waals surface area contributed by atoms with Gasteiger partial charge >= 0.3 is 0 Å². The van der Waals surface area contributed by atoms with E-state index in [0.29, 0.717) is 38.5 Å². The molecular weight excluding hydrogens is 374 g/mol. The summed E-state index contributed by atoms with van der Waals surface area (Å²) < 4.78 is 31.0. The zero-order chi connectivity index (χ0) is 20.4. The highest BCUT2D eigenvalue weighted by molar-refractivity contribution is 7.92. The van der Waals surface area contributed by atoms with Gasteiger partial charge in [0.2, 0.25) is 15.9 Å². The molecule has 1 N–H and O–H groups in total. The number of ether oxygens (including phenoxy) is 1. The number of benzene rings is 1. The Morgan fingerprint density at radius 2 is 1.81 bits per heavy atom. The normalized spacial score (nSPS) is 14.3. The van der Waals surface area contributed by atoms with Crippen molar-refractivity contribution < 1.29 is 27.9 Å². The van der Waals surface area contributed by atoms with Crippen molar-refractivity contribution in [3.8, 4) is 0 Å². The summed E-state index contributed by atoms with van der Waals surface area (Å²) in [4.78, 5) is 24.5. The molecule has 1 aliphatic rings. The lowest BCUT2D eigenvalue weighted by molar-refractivity contribution is -0.133. The summed E-state index contributed by atoms with van der Waals surface area (Å²) in [6, 6.07) is 7.28. The Kier molecular flexibility index (Phi) is 9.19. The highest BCUT2D eigenvalue weighted by Gasteiger charge is 2.26. The molecule has 10 heteroatoms. The van der Waals surface area contributed by atoms with Crippen LogP contribution in [0.1, 0.15) is 5.56 Å². The molecule has 1 saturated heterocycles. The maximum absolute atomic E-state index is 12.5. The molecule has 152 valence electrons. The van der Waals surface area contributed by atoms with E-state index in [4.69, 9.17) is 14.6 Å². The number of carboxylic acid groups (broad SMARTS) is 1. The summed E-state index contributed by atoms with van der Waals surface area (Å²) in [6.07, 6.45) is 1.13. The van der Waals surface area contributed by atoms with Crippen LogP contribution in [0.2, 0.25) is 0 Å². The molecule has 0 saturated carbocycles. The largest absolute Gasteiger partial charge is 0.483 e. The first-order valence-corrected chi connectivity index (χ1v) is 10.2. The van der Waals surface area contributed by atoms with E-state index in [1.807, 2.05) is 31.1 Å². The zero-order valence-electron chi connectivity index (χ0n) is 15.9. The number of anilines is 1. The molecule has 1 aromatic carbocycles. The minimum atomic E-state index is -3.57. The van der Waals surface area contributed by atoms with Crippen molar-refractivity contribution in [3.05, 3.63) is 29.8 Å². The smallest absolute Gasteiger partial charge is 0.290 e. The van der Waals surface area contributed by atoms with Crippen molar-refractivity contribution in [1.82, 2.24) is 9.80 Å². The van der Waals surface area contributed by atoms with Crippen LogP contribution in [-0.2, 0) is 30.9 Å². The van der Waals surface area contributed by atoms with Gasteiger partial charge in [-0.1, -0.05) is 18.2 Å². The van der Waals surface area contributed by atoms with E-state index < -0.39 is 10.0 Å². The minimum Gasteiger partial charge on any atom is -0.483 e. The van der Waals surface area contributed by atoms with Crippen LogP contribution in [-0.4, -0.2) is 88.9 Å². The fraction of sp³-hybridized carbons (Fsp3) is 0.529. The van der Waals surface area contributed by atoms with Gasteiger partial charge in [0.15, 0.2) is 0 Å². The maximum atomic E-state index is 12.5. The number of rotatable bonds is 6. The molecule has 1 heterocycles. The van der Waals surface area contributed by atoms with Crippen LogP contribution in [0.5, 0.6) is 0 Å². The highest BCUT2D eigenvalue weighted by atomic mass is 32.2. The Morgan fingerprint density at radius 3 is 2.33 bits per heavy atom. The second kappa shape index (κ2) is 10.9. The average Bonchev–Trinajstić information content (AvgIpc) is 2.60. The van der Waals surface area contributed by atoms with E-state index in [-0.39, 0.29) is 18.9 Å². The molecule has 0 radical (unpaired) electrons. The minimum absolute atomic E-state index is 0.191. The first-order chi connectivity index (χ1) is 12.7. The molecule has 1 amide bonds. The molecule has 0 aromatic heterocycles. The lowest BCUT2D eigenvalue weighted by atomic mass is 10.1. The fourth-order valence-electron chi connectivity index (χ4n) is 2.65. The van der Waals surface area contributed by atoms with Crippen molar-refractivity contribution in [1.29, 1.82) is 0 Å². The van der Waals surface area contributed by atoms with Gasteiger partial charge in [0.25, 0.3) is 6.47 Å². The topological polar surface area (TPSA) is 107 Å². The van der Waals surface area contributed by atoms with Crippen LogP contribution in [0.3, 0.4) is 0 Å². The van der Waals surface area contributed by atoms with Crippen molar-refractivity contribution in [3.63, 3.8) is 0 Å². The Balaban J connectivity index is 0.00000114. The molecule has 1 fully saturated rings. The van der Waals surface area contributed by atoms with Gasteiger partial charge in [0, 0.05) is 19.6 Å². The number of nitrogens with zero attached hydrogens (tertiary/aromatic N) is 3. The average molecular weight is 401 g/mol. The van der Waals surface area contributed by atoms with Gasteiger partial charge in [-0.2, -0.15) is 0 Å². The molecule has 0 unspecified atom stereocenters. The Bertz CT molecular complexity index is 717. The van der Waals surface area contributed by atoms with Crippen LogP contribution in [0.25, 0.3) is 0 Å². The van der Waals surface area contributed by atoms with E-state index in [9.17, 15) is 13.2 Å². The Morgan fingerprint density at radius 1 is 1.26 bits per heavy atom. The van der Waals surface area contributed by atoms with Gasteiger partial charge in [-0.05, 0) is 25.7 Å². The van der Waals surface area contributed by atoms with Crippen LogP contribution in [0.4, 0.5) is 5.69 Å². The first-order valence-electron chi connectivity index (χ1n) is 8.34. The molecule has 9 nitrogen and oxygen atoms in total. The molecule has 0 bridgehead atoms. The first kappa shape index (κ1) is 22.9. The molecule has 27 heavy (non-hydrogen) atoms. The Hall–Kier alpha value is -2.17. The zero-order valence-corrected chi connectivity index (χ0v) is 16.7. The monoisotopic (exact) mass is 401 g/mol. The van der Waals surface area contributed by atoms with Crippen LogP contribution >= 0.6 is 0 Å². The fourth-order valence-corrected chi connectivity index (χ4v) is 3.53. The second-order valence-electron chi connectivity index (χ2n) is 6.23. The third-order valence-electron chi connectivity index (χ3n) is 3.79. The lowest BCUT2D eigenvalue weighted by Crippen LogP contribution is -2.47. The molecule has 0 spiro atoms. The summed E-state index contributed by atoms with van der Waals surface area (Å²) in [7, 11) is 0.260. The predicted octanol–water partition coefficient (Wildman–Crippen LogP) is 0.0738. The van der Waals surface area contributed by atoms with Crippen molar-refractivity contribution in [2.75, 3.05) is 57.5 Å². The molecule has 1 aromatic rings. The molecular formula is C17H27N3O6S. The number of para-hydroxylation sites is 1. The summed E-state index contributed by atoms with van der Waals surface area (Å²) in [5.74, 6) is -0.205. The molecule has 0 aliphatic carbocycles. The SMILES string of the molecule is CN(C)Cc1ccccc1N(CC(=O)N1CCOCC1)S(C)(=O)=O.O=CO. The number of hydrogen-bond donors (Lipinski definition) is 1. The van der Waals surface area contributed by atoms with Gasteiger partial charge in [-0.25, -0.2) is 8.42 Å². The number of morpholine rings is 1. The maximum Gasteiger partial charge on any atom is 0.290 e. The van der Waals surface area contributed by atoms with Crippen LogP contribution in [0.15, 0.2) is 24.3 Å². The van der Waals surface area contributed by atoms with Gasteiger partial charge in [-0.15, -0.1) is 0 Å². The predicted molar refractivity (Wildman–Crippen MR) is 102 cm³/mol. The molecule has 2 rings (SSSR count). The van der Waals surface area contributed by atoms with Crippen molar-refractivity contribution >= 4 is 28.1 Å². The quantitative estimate of drug-likeness (QED) is 0.672. The van der Waals surface area contributed by atoms with E-state index in [1.165, 1.54) is 4.31 Å². The number of carbonyl (C=O) groups is 2. The number of carbonyl (C=O) groups excluding carboxylic acids is 1. The summed E-state index contributed by atoms with van der Waals surface area (Å²) in [5, 5.41) is 6.89. The van der Waals surface area contributed by atoms with Crippen molar-refractivity contribution in [2.45, 2.75) is 6.54 Å².